The number of amides is 2. The summed E-state index contributed by atoms with van der Waals surface area (Å²) in [6, 6.07) is 0.539. The number of nitrogens with zero attached hydrogens (tertiary/aromatic N) is 5. The van der Waals surface area contributed by atoms with Crippen molar-refractivity contribution in [1.82, 2.24) is 24.8 Å². The van der Waals surface area contributed by atoms with Crippen LogP contribution >= 0.6 is 0 Å². The molecule has 3 fully saturated rings. The van der Waals surface area contributed by atoms with Crippen LogP contribution in [0.25, 0.3) is 0 Å². The molecule has 0 unspecified atom stereocenters. The molecule has 3 aliphatic rings. The Labute approximate surface area is 125 Å². The van der Waals surface area contributed by atoms with Crippen molar-refractivity contribution in [3.05, 3.63) is 11.9 Å². The molecule has 3 heterocycles. The summed E-state index contributed by atoms with van der Waals surface area (Å²) in [4.78, 5) is 16.4. The molecule has 6 heteroatoms. The number of rotatable bonds is 2. The highest BCUT2D eigenvalue weighted by Gasteiger charge is 2.36. The lowest BCUT2D eigenvalue weighted by Gasteiger charge is -2.41. The summed E-state index contributed by atoms with van der Waals surface area (Å²) in [5.41, 5.74) is 1.13. The van der Waals surface area contributed by atoms with E-state index in [-0.39, 0.29) is 6.03 Å². The van der Waals surface area contributed by atoms with E-state index in [9.17, 15) is 4.79 Å². The highest BCUT2D eigenvalue weighted by molar-refractivity contribution is 5.75. The van der Waals surface area contributed by atoms with E-state index < -0.39 is 0 Å². The average Bonchev–Trinajstić information content (AvgIpc) is 3.23. The summed E-state index contributed by atoms with van der Waals surface area (Å²) < 4.78 is 1.96. The van der Waals surface area contributed by atoms with Crippen LogP contribution in [-0.4, -0.2) is 57.0 Å². The Morgan fingerprint density at radius 3 is 2.43 bits per heavy atom. The van der Waals surface area contributed by atoms with Crippen LogP contribution in [0.4, 0.5) is 4.79 Å². The standard InChI is InChI=1S/C15H23N5O/c21-15(18-7-3-1-2-4-8-18)19-9-13(10-19)20-11-14(16-17-20)12-5-6-12/h11-13H,1-10H2. The number of aromatic nitrogens is 3. The predicted octanol–water partition coefficient (Wildman–Crippen LogP) is 2.01. The summed E-state index contributed by atoms with van der Waals surface area (Å²) in [6.07, 6.45) is 9.40. The van der Waals surface area contributed by atoms with E-state index >= 15 is 0 Å². The molecule has 21 heavy (non-hydrogen) atoms. The molecule has 0 N–H and O–H groups in total. The third-order valence-corrected chi connectivity index (χ3v) is 4.91. The molecule has 6 nitrogen and oxygen atoms in total. The van der Waals surface area contributed by atoms with Crippen LogP contribution in [0.15, 0.2) is 6.20 Å². The zero-order valence-corrected chi connectivity index (χ0v) is 12.4. The number of likely N-dealkylation sites (tertiary alicyclic amines) is 2. The Kier molecular flexibility index (Phi) is 3.31. The normalized spacial score (nSPS) is 23.8. The third kappa shape index (κ3) is 2.63. The first-order chi connectivity index (χ1) is 10.3. The monoisotopic (exact) mass is 289 g/mol. The van der Waals surface area contributed by atoms with Gasteiger partial charge in [0.15, 0.2) is 0 Å². The second kappa shape index (κ2) is 5.31. The van der Waals surface area contributed by atoms with Crippen LogP contribution in [0.1, 0.15) is 56.2 Å². The molecular formula is C15H23N5O. The largest absolute Gasteiger partial charge is 0.325 e. The van der Waals surface area contributed by atoms with Crippen molar-refractivity contribution in [3.63, 3.8) is 0 Å². The fourth-order valence-electron chi connectivity index (χ4n) is 3.28. The quantitative estimate of drug-likeness (QED) is 0.837. The minimum absolute atomic E-state index is 0.218. The maximum absolute atomic E-state index is 12.4. The first-order valence-corrected chi connectivity index (χ1v) is 8.27. The molecule has 0 radical (unpaired) electrons. The van der Waals surface area contributed by atoms with E-state index in [2.05, 4.69) is 16.5 Å². The molecule has 0 atom stereocenters. The lowest BCUT2D eigenvalue weighted by Crippen LogP contribution is -2.55. The van der Waals surface area contributed by atoms with Gasteiger partial charge in [0.05, 0.1) is 11.7 Å². The van der Waals surface area contributed by atoms with Crippen molar-refractivity contribution >= 4 is 6.03 Å². The van der Waals surface area contributed by atoms with Crippen molar-refractivity contribution in [2.75, 3.05) is 26.2 Å². The van der Waals surface area contributed by atoms with E-state index in [1.54, 1.807) is 0 Å². The SMILES string of the molecule is O=C(N1CCCCCC1)N1CC(n2cc(C3CC3)nn2)C1. The van der Waals surface area contributed by atoms with Gasteiger partial charge >= 0.3 is 6.03 Å². The summed E-state index contributed by atoms with van der Waals surface area (Å²) in [7, 11) is 0. The summed E-state index contributed by atoms with van der Waals surface area (Å²) in [5.74, 6) is 0.647. The van der Waals surface area contributed by atoms with Crippen molar-refractivity contribution < 1.29 is 4.79 Å². The highest BCUT2D eigenvalue weighted by Crippen LogP contribution is 2.39. The molecule has 1 aromatic heterocycles. The summed E-state index contributed by atoms with van der Waals surface area (Å²) in [6.45, 7) is 3.41. The van der Waals surface area contributed by atoms with Crippen LogP contribution in [0, 0.1) is 0 Å². The Bertz CT molecular complexity index is 510. The Balaban J connectivity index is 1.32. The van der Waals surface area contributed by atoms with Gasteiger partial charge in [-0.05, 0) is 25.7 Å². The van der Waals surface area contributed by atoms with Crippen LogP contribution < -0.4 is 0 Å². The van der Waals surface area contributed by atoms with Gasteiger partial charge in [-0.1, -0.05) is 18.1 Å². The van der Waals surface area contributed by atoms with E-state index in [4.69, 9.17) is 0 Å². The number of carbonyl (C=O) groups excluding carboxylic acids is 1. The second-order valence-corrected chi connectivity index (χ2v) is 6.64. The molecule has 4 rings (SSSR count). The minimum atomic E-state index is 0.218. The number of hydrogen-bond acceptors (Lipinski definition) is 3. The molecule has 1 aliphatic carbocycles. The molecule has 1 saturated carbocycles. The van der Waals surface area contributed by atoms with Gasteiger partial charge in [0, 0.05) is 38.3 Å². The topological polar surface area (TPSA) is 54.3 Å². The van der Waals surface area contributed by atoms with E-state index in [0.29, 0.717) is 12.0 Å². The fraction of sp³-hybridized carbons (Fsp3) is 0.800. The first kappa shape index (κ1) is 13.1. The smallest absolute Gasteiger partial charge is 0.320 e. The van der Waals surface area contributed by atoms with Gasteiger partial charge in [-0.15, -0.1) is 5.10 Å². The third-order valence-electron chi connectivity index (χ3n) is 4.91. The van der Waals surface area contributed by atoms with Gasteiger partial charge < -0.3 is 9.80 Å². The summed E-state index contributed by atoms with van der Waals surface area (Å²) in [5, 5.41) is 8.49. The molecule has 2 aliphatic heterocycles. The Morgan fingerprint density at radius 1 is 1.05 bits per heavy atom. The molecule has 114 valence electrons. The van der Waals surface area contributed by atoms with Crippen molar-refractivity contribution in [1.29, 1.82) is 0 Å². The number of carbonyl (C=O) groups is 1. The Morgan fingerprint density at radius 2 is 1.76 bits per heavy atom. The molecular weight excluding hydrogens is 266 g/mol. The number of urea groups is 1. The lowest BCUT2D eigenvalue weighted by molar-refractivity contribution is 0.0894. The van der Waals surface area contributed by atoms with Gasteiger partial charge in [-0.25, -0.2) is 9.48 Å². The van der Waals surface area contributed by atoms with Gasteiger partial charge in [-0.3, -0.25) is 0 Å². The average molecular weight is 289 g/mol. The fourth-order valence-corrected chi connectivity index (χ4v) is 3.28. The highest BCUT2D eigenvalue weighted by atomic mass is 16.2. The van der Waals surface area contributed by atoms with Crippen LogP contribution in [-0.2, 0) is 0 Å². The maximum atomic E-state index is 12.4. The van der Waals surface area contributed by atoms with Gasteiger partial charge in [-0.2, -0.15) is 0 Å². The van der Waals surface area contributed by atoms with Crippen LogP contribution in [0.3, 0.4) is 0 Å². The second-order valence-electron chi connectivity index (χ2n) is 6.64. The number of hydrogen-bond donors (Lipinski definition) is 0. The Hall–Kier alpha value is -1.59. The zero-order valence-electron chi connectivity index (χ0n) is 12.4. The van der Waals surface area contributed by atoms with E-state index in [1.807, 2.05) is 14.5 Å². The van der Waals surface area contributed by atoms with E-state index in [1.165, 1.54) is 25.7 Å². The molecule has 0 spiro atoms. The molecule has 2 saturated heterocycles. The predicted molar refractivity (Wildman–Crippen MR) is 78.0 cm³/mol. The lowest BCUT2D eigenvalue weighted by atomic mass is 10.1. The van der Waals surface area contributed by atoms with Gasteiger partial charge in [0.2, 0.25) is 0 Å². The zero-order chi connectivity index (χ0) is 14.2. The van der Waals surface area contributed by atoms with Crippen molar-refractivity contribution in [3.8, 4) is 0 Å². The molecule has 1 aromatic rings. The van der Waals surface area contributed by atoms with Crippen LogP contribution in [0.5, 0.6) is 0 Å². The molecule has 2 amide bonds. The summed E-state index contributed by atoms with van der Waals surface area (Å²) >= 11 is 0. The van der Waals surface area contributed by atoms with Crippen LogP contribution in [0.2, 0.25) is 0 Å². The minimum Gasteiger partial charge on any atom is -0.325 e. The maximum Gasteiger partial charge on any atom is 0.320 e. The van der Waals surface area contributed by atoms with E-state index in [0.717, 1.165) is 44.7 Å². The molecule has 0 bridgehead atoms. The van der Waals surface area contributed by atoms with Gasteiger partial charge in [0.1, 0.15) is 0 Å². The van der Waals surface area contributed by atoms with Crippen molar-refractivity contribution in [2.24, 2.45) is 0 Å². The van der Waals surface area contributed by atoms with Gasteiger partial charge in [0.25, 0.3) is 0 Å². The first-order valence-electron chi connectivity index (χ1n) is 8.27. The molecule has 0 aromatic carbocycles. The van der Waals surface area contributed by atoms with Crippen molar-refractivity contribution in [2.45, 2.75) is 50.5 Å².